The summed E-state index contributed by atoms with van der Waals surface area (Å²) in [5.74, 6) is 0.701. The summed E-state index contributed by atoms with van der Waals surface area (Å²) in [6, 6.07) is 21.6. The maximum absolute atomic E-state index is 11.5. The van der Waals surface area contributed by atoms with Gasteiger partial charge < -0.3 is 10.1 Å². The van der Waals surface area contributed by atoms with E-state index in [1.54, 1.807) is 11.6 Å². The Labute approximate surface area is 172 Å². The molecule has 29 heavy (non-hydrogen) atoms. The number of para-hydroxylation sites is 1. The minimum Gasteiger partial charge on any atom is -0.496 e. The summed E-state index contributed by atoms with van der Waals surface area (Å²) in [4.78, 5) is 17.3. The molecule has 2 heterocycles. The molecule has 0 aliphatic heterocycles. The van der Waals surface area contributed by atoms with Crippen LogP contribution >= 0.6 is 11.8 Å². The number of aromatic nitrogens is 3. The van der Waals surface area contributed by atoms with Crippen LogP contribution in [0, 0.1) is 0 Å². The van der Waals surface area contributed by atoms with Crippen molar-refractivity contribution in [1.29, 1.82) is 0 Å². The van der Waals surface area contributed by atoms with Gasteiger partial charge in [-0.1, -0.05) is 54.2 Å². The second-order valence-electron chi connectivity index (χ2n) is 6.38. The first-order valence-corrected chi connectivity index (χ1v) is 9.97. The Balaban J connectivity index is 1.78. The normalized spacial score (nSPS) is 10.8. The number of hydrogen-bond donors (Lipinski definition) is 1. The zero-order chi connectivity index (χ0) is 20.2. The zero-order valence-electron chi connectivity index (χ0n) is 16.1. The summed E-state index contributed by atoms with van der Waals surface area (Å²) in [6.07, 6.45) is 0. The third-order valence-corrected chi connectivity index (χ3v) is 5.37. The third-order valence-electron chi connectivity index (χ3n) is 4.38. The lowest BCUT2D eigenvalue weighted by atomic mass is 10.1. The lowest BCUT2D eigenvalue weighted by molar-refractivity contribution is -0.119. The predicted octanol–water partition coefficient (Wildman–Crippen LogP) is 4.19. The number of nitrogens with zero attached hydrogens (tertiary/aromatic N) is 3. The second kappa shape index (κ2) is 8.36. The summed E-state index contributed by atoms with van der Waals surface area (Å²) in [6.45, 7) is 1.85. The molecule has 1 N–H and O–H groups in total. The molecule has 2 aromatic heterocycles. The van der Waals surface area contributed by atoms with Gasteiger partial charge in [-0.15, -0.1) is 0 Å². The van der Waals surface area contributed by atoms with Gasteiger partial charge in [0, 0.05) is 12.5 Å². The van der Waals surface area contributed by atoms with Crippen LogP contribution in [0.15, 0.2) is 76.7 Å². The molecule has 0 saturated heterocycles. The van der Waals surface area contributed by atoms with Crippen molar-refractivity contribution >= 4 is 23.3 Å². The number of carbonyl (C=O) groups is 1. The average molecular weight is 404 g/mol. The number of hydrogen-bond acceptors (Lipinski definition) is 5. The molecule has 7 heteroatoms. The molecule has 1 amide bonds. The molecule has 0 atom stereocenters. The lowest BCUT2D eigenvalue weighted by Gasteiger charge is -2.08. The topological polar surface area (TPSA) is 68.5 Å². The molecule has 0 unspecified atom stereocenters. The first kappa shape index (κ1) is 19.0. The van der Waals surface area contributed by atoms with Crippen LogP contribution < -0.4 is 10.1 Å². The Kier molecular flexibility index (Phi) is 5.48. The van der Waals surface area contributed by atoms with Crippen molar-refractivity contribution in [1.82, 2.24) is 19.9 Å². The molecule has 4 aromatic rings. The van der Waals surface area contributed by atoms with Crippen LogP contribution in [0.3, 0.4) is 0 Å². The Morgan fingerprint density at radius 1 is 1.07 bits per heavy atom. The summed E-state index contributed by atoms with van der Waals surface area (Å²) < 4.78 is 7.24. The third kappa shape index (κ3) is 4.09. The molecule has 0 fully saturated rings. The van der Waals surface area contributed by atoms with E-state index in [0.29, 0.717) is 6.54 Å². The van der Waals surface area contributed by atoms with E-state index in [1.165, 1.54) is 18.7 Å². The van der Waals surface area contributed by atoms with Gasteiger partial charge in [-0.25, -0.2) is 9.50 Å². The molecular weight excluding hydrogens is 384 g/mol. The SMILES string of the molecule is COc1ccccc1Sc1ccc2nc(-c3ccccc3)c(CNC(C)=O)n2n1. The zero-order valence-corrected chi connectivity index (χ0v) is 16.9. The maximum Gasteiger partial charge on any atom is 0.217 e. The van der Waals surface area contributed by atoms with E-state index in [2.05, 4.69) is 5.32 Å². The molecular formula is C22H20N4O2S. The first-order valence-electron chi connectivity index (χ1n) is 9.15. The number of nitrogens with one attached hydrogen (secondary N) is 1. The van der Waals surface area contributed by atoms with Crippen LogP contribution in [0.25, 0.3) is 16.9 Å². The predicted molar refractivity (Wildman–Crippen MR) is 113 cm³/mol. The van der Waals surface area contributed by atoms with Crippen LogP contribution in [0.2, 0.25) is 0 Å². The lowest BCUT2D eigenvalue weighted by Crippen LogP contribution is -2.20. The summed E-state index contributed by atoms with van der Waals surface area (Å²) in [5.41, 5.74) is 3.36. The molecule has 0 saturated carbocycles. The smallest absolute Gasteiger partial charge is 0.217 e. The number of imidazole rings is 1. The fraction of sp³-hybridized carbons (Fsp3) is 0.136. The van der Waals surface area contributed by atoms with Crippen LogP contribution in [0.1, 0.15) is 12.6 Å². The van der Waals surface area contributed by atoms with Gasteiger partial charge in [-0.05, 0) is 24.3 Å². The van der Waals surface area contributed by atoms with Crippen molar-refractivity contribution in [3.8, 4) is 17.0 Å². The van der Waals surface area contributed by atoms with E-state index in [-0.39, 0.29) is 5.91 Å². The highest BCUT2D eigenvalue weighted by molar-refractivity contribution is 7.99. The van der Waals surface area contributed by atoms with Gasteiger partial charge in [0.05, 0.1) is 29.9 Å². The Bertz CT molecular complexity index is 1160. The number of rotatable bonds is 6. The molecule has 6 nitrogen and oxygen atoms in total. The highest BCUT2D eigenvalue weighted by Gasteiger charge is 2.16. The number of benzene rings is 2. The first-order chi connectivity index (χ1) is 14.2. The van der Waals surface area contributed by atoms with Crippen molar-refractivity contribution in [3.63, 3.8) is 0 Å². The highest BCUT2D eigenvalue weighted by Crippen LogP contribution is 2.34. The Morgan fingerprint density at radius 3 is 2.59 bits per heavy atom. The van der Waals surface area contributed by atoms with E-state index in [9.17, 15) is 4.79 Å². The summed E-state index contributed by atoms with van der Waals surface area (Å²) >= 11 is 1.52. The average Bonchev–Trinajstić information content (AvgIpc) is 3.11. The standard InChI is InChI=1S/C22H20N4O2S/c1-15(27)23-14-17-22(16-8-4-3-5-9-16)24-20-12-13-21(25-26(17)20)29-19-11-7-6-10-18(19)28-2/h3-13H,14H2,1-2H3,(H,23,27). The molecule has 0 bridgehead atoms. The van der Waals surface area contributed by atoms with Gasteiger partial charge >= 0.3 is 0 Å². The van der Waals surface area contributed by atoms with E-state index in [1.807, 2.05) is 66.7 Å². The second-order valence-corrected chi connectivity index (χ2v) is 7.44. The van der Waals surface area contributed by atoms with Crippen LogP contribution in [-0.2, 0) is 11.3 Å². The van der Waals surface area contributed by atoms with Crippen molar-refractivity contribution in [2.75, 3.05) is 7.11 Å². The fourth-order valence-electron chi connectivity index (χ4n) is 3.03. The maximum atomic E-state index is 11.5. The molecule has 0 radical (unpaired) electrons. The number of amides is 1. The highest BCUT2D eigenvalue weighted by atomic mass is 32.2. The summed E-state index contributed by atoms with van der Waals surface area (Å²) in [7, 11) is 1.66. The van der Waals surface area contributed by atoms with Gasteiger partial charge in [-0.2, -0.15) is 5.10 Å². The molecule has 0 aliphatic carbocycles. The number of carbonyl (C=O) groups excluding carboxylic acids is 1. The van der Waals surface area contributed by atoms with Crippen molar-refractivity contribution in [2.24, 2.45) is 0 Å². The van der Waals surface area contributed by atoms with Gasteiger partial charge in [-0.3, -0.25) is 4.79 Å². The van der Waals surface area contributed by atoms with Crippen molar-refractivity contribution in [2.45, 2.75) is 23.4 Å². The number of ether oxygens (including phenoxy) is 1. The fourth-order valence-corrected chi connectivity index (χ4v) is 3.91. The van der Waals surface area contributed by atoms with Crippen LogP contribution in [0.5, 0.6) is 5.75 Å². The van der Waals surface area contributed by atoms with E-state index in [4.69, 9.17) is 14.8 Å². The largest absolute Gasteiger partial charge is 0.496 e. The van der Waals surface area contributed by atoms with E-state index in [0.717, 1.165) is 38.3 Å². The number of methoxy groups -OCH3 is 1. The van der Waals surface area contributed by atoms with Crippen LogP contribution in [0.4, 0.5) is 0 Å². The molecule has 146 valence electrons. The molecule has 4 rings (SSSR count). The van der Waals surface area contributed by atoms with Gasteiger partial charge in [0.25, 0.3) is 0 Å². The van der Waals surface area contributed by atoms with Gasteiger partial charge in [0.15, 0.2) is 5.65 Å². The van der Waals surface area contributed by atoms with Crippen molar-refractivity contribution in [3.05, 3.63) is 72.4 Å². The monoisotopic (exact) mass is 404 g/mol. The van der Waals surface area contributed by atoms with Crippen molar-refractivity contribution < 1.29 is 9.53 Å². The summed E-state index contributed by atoms with van der Waals surface area (Å²) in [5, 5.41) is 8.46. The van der Waals surface area contributed by atoms with Crippen LogP contribution in [-0.4, -0.2) is 27.6 Å². The Hall–Kier alpha value is -3.32. The van der Waals surface area contributed by atoms with Gasteiger partial charge in [0.1, 0.15) is 10.8 Å². The van der Waals surface area contributed by atoms with Gasteiger partial charge in [0.2, 0.25) is 5.91 Å². The quantitative estimate of drug-likeness (QED) is 0.522. The molecule has 0 aliphatic rings. The van der Waals surface area contributed by atoms with E-state index >= 15 is 0 Å². The molecule has 2 aromatic carbocycles. The number of fused-ring (bicyclic) bond motifs is 1. The molecule has 0 spiro atoms. The van der Waals surface area contributed by atoms with E-state index < -0.39 is 0 Å². The minimum absolute atomic E-state index is 0.0986. The minimum atomic E-state index is -0.0986. The Morgan fingerprint density at radius 2 is 1.83 bits per heavy atom.